The first-order chi connectivity index (χ1) is 6.04. The number of halogens is 2. The lowest BCUT2D eigenvalue weighted by atomic mass is 10.1. The Bertz CT molecular complexity index is 340. The van der Waals surface area contributed by atoms with Crippen LogP contribution < -0.4 is 5.73 Å². The second-order valence-corrected chi connectivity index (χ2v) is 3.35. The Morgan fingerprint density at radius 2 is 2.38 bits per heavy atom. The zero-order chi connectivity index (χ0) is 9.64. The van der Waals surface area contributed by atoms with E-state index < -0.39 is 11.2 Å². The van der Waals surface area contributed by atoms with Crippen molar-refractivity contribution in [3.8, 4) is 0 Å². The third-order valence-corrected chi connectivity index (χ3v) is 2.43. The van der Waals surface area contributed by atoms with Crippen LogP contribution >= 0.6 is 23.2 Å². The van der Waals surface area contributed by atoms with E-state index in [0.717, 1.165) is 6.34 Å². The second-order valence-electron chi connectivity index (χ2n) is 2.60. The summed E-state index contributed by atoms with van der Waals surface area (Å²) in [5, 5.41) is 9.82. The van der Waals surface area contributed by atoms with Crippen LogP contribution in [0.5, 0.6) is 0 Å². The molecule has 2 heterocycles. The summed E-state index contributed by atoms with van der Waals surface area (Å²) in [7, 11) is 0. The number of nitrogens with zero attached hydrogens (tertiary/aromatic N) is 4. The average molecular weight is 222 g/mol. The molecule has 0 saturated heterocycles. The van der Waals surface area contributed by atoms with Crippen LogP contribution in [0.2, 0.25) is 0 Å². The third-order valence-electron chi connectivity index (χ3n) is 1.73. The van der Waals surface area contributed by atoms with Gasteiger partial charge < -0.3 is 0 Å². The molecule has 2 aliphatic heterocycles. The fraction of sp³-hybridized carbons (Fsp3) is 0.400. The van der Waals surface area contributed by atoms with E-state index in [1.165, 1.54) is 0 Å². The first kappa shape index (κ1) is 8.89. The molecule has 6 nitrogen and oxygen atoms in total. The van der Waals surface area contributed by atoms with Crippen LogP contribution in [0.25, 0.3) is 0 Å². The van der Waals surface area contributed by atoms with Gasteiger partial charge in [-0.3, -0.25) is 10.9 Å². The van der Waals surface area contributed by atoms with Crippen LogP contribution in [0.3, 0.4) is 0 Å². The topological polar surface area (TPSA) is 86.6 Å². The molecule has 2 rings (SSSR count). The highest BCUT2D eigenvalue weighted by molar-refractivity contribution is 6.66. The van der Waals surface area contributed by atoms with E-state index in [9.17, 15) is 5.21 Å². The van der Waals surface area contributed by atoms with E-state index in [-0.39, 0.29) is 11.1 Å². The van der Waals surface area contributed by atoms with E-state index in [0.29, 0.717) is 5.06 Å². The quantitative estimate of drug-likeness (QED) is 0.444. The van der Waals surface area contributed by atoms with Crippen LogP contribution in [-0.4, -0.2) is 38.9 Å². The summed E-state index contributed by atoms with van der Waals surface area (Å²) in [4.78, 5) is 11.3. The van der Waals surface area contributed by atoms with Crippen LogP contribution in [0.1, 0.15) is 0 Å². The second kappa shape index (κ2) is 2.65. The van der Waals surface area contributed by atoms with Crippen LogP contribution in [0.15, 0.2) is 15.0 Å². The van der Waals surface area contributed by atoms with Gasteiger partial charge in [0.2, 0.25) is 11.0 Å². The predicted molar refractivity (Wildman–Crippen MR) is 49.4 cm³/mol. The number of hydroxylamine groups is 2. The lowest BCUT2D eigenvalue weighted by Gasteiger charge is -2.33. The summed E-state index contributed by atoms with van der Waals surface area (Å²) in [6.07, 6.45) is 1.10. The SMILES string of the molecule is NC12N=C(Cl)N=C1N=CN(O)C2Cl. The monoisotopic (exact) mass is 221 g/mol. The van der Waals surface area contributed by atoms with Gasteiger partial charge in [0.15, 0.2) is 11.3 Å². The lowest BCUT2D eigenvalue weighted by molar-refractivity contribution is -0.0360. The molecule has 0 aromatic carbocycles. The number of hydrogen-bond acceptors (Lipinski definition) is 6. The molecule has 0 bridgehead atoms. The normalized spacial score (nSPS) is 37.2. The van der Waals surface area contributed by atoms with Gasteiger partial charge in [0.05, 0.1) is 0 Å². The fourth-order valence-electron chi connectivity index (χ4n) is 1.07. The standard InChI is InChI=1S/C5H5Cl2N5O/c6-2-5(8)3(9-1-12(2)13)10-4(7)11-5/h1-2,13H,8H2. The van der Waals surface area contributed by atoms with Gasteiger partial charge in [0.25, 0.3) is 0 Å². The third kappa shape index (κ3) is 1.14. The minimum Gasteiger partial charge on any atom is -0.298 e. The Kier molecular flexibility index (Phi) is 1.81. The van der Waals surface area contributed by atoms with Crippen molar-refractivity contribution >= 4 is 40.7 Å². The highest BCUT2D eigenvalue weighted by atomic mass is 35.5. The summed E-state index contributed by atoms with van der Waals surface area (Å²) >= 11 is 11.3. The van der Waals surface area contributed by atoms with E-state index in [4.69, 9.17) is 28.9 Å². The molecule has 0 fully saturated rings. The Morgan fingerprint density at radius 1 is 1.69 bits per heavy atom. The predicted octanol–water partition coefficient (Wildman–Crippen LogP) is -0.0537. The van der Waals surface area contributed by atoms with Crippen molar-refractivity contribution in [2.75, 3.05) is 0 Å². The molecule has 0 radical (unpaired) electrons. The Hall–Kier alpha value is -0.690. The largest absolute Gasteiger partial charge is 0.298 e. The Morgan fingerprint density at radius 3 is 3.08 bits per heavy atom. The molecule has 0 amide bonds. The Balaban J connectivity index is 2.48. The van der Waals surface area contributed by atoms with Gasteiger partial charge in [-0.05, 0) is 11.6 Å². The number of hydrogen-bond donors (Lipinski definition) is 2. The zero-order valence-electron chi connectivity index (χ0n) is 6.22. The van der Waals surface area contributed by atoms with Gasteiger partial charge in [-0.15, -0.1) is 0 Å². The zero-order valence-corrected chi connectivity index (χ0v) is 7.74. The maximum atomic E-state index is 9.18. The molecule has 0 saturated carbocycles. The summed E-state index contributed by atoms with van der Waals surface area (Å²) < 4.78 is 0. The molecule has 0 aromatic rings. The minimum absolute atomic E-state index is 0.0180. The van der Waals surface area contributed by atoms with Crippen molar-refractivity contribution in [2.45, 2.75) is 11.2 Å². The van der Waals surface area contributed by atoms with Gasteiger partial charge in [0, 0.05) is 0 Å². The molecule has 0 aliphatic carbocycles. The summed E-state index contributed by atoms with van der Waals surface area (Å²) in [6.45, 7) is 0. The number of fused-ring (bicyclic) bond motifs is 1. The molecule has 0 aromatic heterocycles. The van der Waals surface area contributed by atoms with Gasteiger partial charge in [0.1, 0.15) is 6.34 Å². The highest BCUT2D eigenvalue weighted by Crippen LogP contribution is 2.28. The summed E-state index contributed by atoms with van der Waals surface area (Å²) in [5.41, 5.74) is 3.42. The average Bonchev–Trinajstić information content (AvgIpc) is 2.36. The minimum atomic E-state index is -1.36. The molecular formula is C5H5Cl2N5O. The van der Waals surface area contributed by atoms with Crippen molar-refractivity contribution < 1.29 is 5.21 Å². The number of rotatable bonds is 0. The van der Waals surface area contributed by atoms with Crippen molar-refractivity contribution in [2.24, 2.45) is 20.7 Å². The van der Waals surface area contributed by atoms with Crippen LogP contribution in [0.4, 0.5) is 0 Å². The van der Waals surface area contributed by atoms with E-state index in [2.05, 4.69) is 15.0 Å². The smallest absolute Gasteiger partial charge is 0.222 e. The molecule has 0 spiro atoms. The first-order valence-electron chi connectivity index (χ1n) is 3.33. The molecule has 13 heavy (non-hydrogen) atoms. The molecule has 8 heteroatoms. The van der Waals surface area contributed by atoms with Crippen LogP contribution in [0, 0.1) is 0 Å². The highest BCUT2D eigenvalue weighted by Gasteiger charge is 2.48. The molecular weight excluding hydrogens is 217 g/mol. The van der Waals surface area contributed by atoms with Crippen molar-refractivity contribution in [3.05, 3.63) is 0 Å². The summed E-state index contributed by atoms with van der Waals surface area (Å²) in [5.74, 6) is 0.197. The fourth-order valence-corrected chi connectivity index (χ4v) is 1.49. The number of nitrogens with two attached hydrogens (primary N) is 1. The van der Waals surface area contributed by atoms with E-state index >= 15 is 0 Å². The van der Waals surface area contributed by atoms with Crippen molar-refractivity contribution in [1.82, 2.24) is 5.06 Å². The van der Waals surface area contributed by atoms with Gasteiger partial charge >= 0.3 is 0 Å². The van der Waals surface area contributed by atoms with E-state index in [1.807, 2.05) is 0 Å². The van der Waals surface area contributed by atoms with Gasteiger partial charge in [-0.2, -0.15) is 4.99 Å². The number of amidine groups is 2. The van der Waals surface area contributed by atoms with Crippen molar-refractivity contribution in [3.63, 3.8) is 0 Å². The van der Waals surface area contributed by atoms with E-state index in [1.54, 1.807) is 0 Å². The van der Waals surface area contributed by atoms with Crippen LogP contribution in [-0.2, 0) is 0 Å². The lowest BCUT2D eigenvalue weighted by Crippen LogP contribution is -2.59. The van der Waals surface area contributed by atoms with Gasteiger partial charge in [-0.1, -0.05) is 11.6 Å². The van der Waals surface area contributed by atoms with Crippen molar-refractivity contribution in [1.29, 1.82) is 0 Å². The Labute approximate surface area is 83.3 Å². The molecule has 2 aliphatic rings. The van der Waals surface area contributed by atoms with Gasteiger partial charge in [-0.25, -0.2) is 15.0 Å². The maximum Gasteiger partial charge on any atom is 0.222 e. The summed E-state index contributed by atoms with van der Waals surface area (Å²) in [6, 6.07) is 0. The number of aliphatic imine (C=N–C) groups is 3. The molecule has 70 valence electrons. The maximum absolute atomic E-state index is 9.18. The molecule has 3 N–H and O–H groups in total. The first-order valence-corrected chi connectivity index (χ1v) is 4.14. The molecule has 2 unspecified atom stereocenters. The molecule has 2 atom stereocenters. The number of alkyl halides is 1.